The van der Waals surface area contributed by atoms with Crippen molar-refractivity contribution in [1.82, 2.24) is 5.32 Å². The van der Waals surface area contributed by atoms with E-state index in [0.717, 1.165) is 6.07 Å². The topological polar surface area (TPSA) is 113 Å². The number of nitrogens with zero attached hydrogens (tertiary/aromatic N) is 1. The molecule has 0 fully saturated rings. The molecule has 2 aromatic carbocycles. The summed E-state index contributed by atoms with van der Waals surface area (Å²) >= 11 is 10.8. The Kier molecular flexibility index (Phi) is 6.21. The van der Waals surface area contributed by atoms with E-state index < -0.39 is 10.8 Å². The second-order valence-electron chi connectivity index (χ2n) is 5.09. The number of anilines is 2. The third-order valence-corrected chi connectivity index (χ3v) is 3.62. The summed E-state index contributed by atoms with van der Waals surface area (Å²) in [5, 5.41) is 18.7. The predicted molar refractivity (Wildman–Crippen MR) is 103 cm³/mol. The third kappa shape index (κ3) is 5.23. The van der Waals surface area contributed by atoms with E-state index in [9.17, 15) is 19.7 Å². The Balaban J connectivity index is 2.01. The first-order chi connectivity index (χ1) is 12.3. The Hall–Kier alpha value is -3.04. The lowest BCUT2D eigenvalue weighted by Crippen LogP contribution is -2.34. The smallest absolute Gasteiger partial charge is 0.288 e. The maximum atomic E-state index is 12.2. The van der Waals surface area contributed by atoms with Crippen LogP contribution in [-0.2, 0) is 4.79 Å². The molecule has 134 valence electrons. The summed E-state index contributed by atoms with van der Waals surface area (Å²) in [5.41, 5.74) is 0.885. The summed E-state index contributed by atoms with van der Waals surface area (Å²) in [6, 6.07) is 10.4. The van der Waals surface area contributed by atoms with Crippen molar-refractivity contribution in [2.24, 2.45) is 0 Å². The molecule has 26 heavy (non-hydrogen) atoms. The van der Waals surface area contributed by atoms with Crippen LogP contribution in [0, 0.1) is 10.1 Å². The van der Waals surface area contributed by atoms with E-state index in [1.807, 2.05) is 0 Å². The lowest BCUT2D eigenvalue weighted by Gasteiger charge is -2.10. The van der Waals surface area contributed by atoms with Gasteiger partial charge < -0.3 is 10.6 Å². The standard InChI is InChI=1S/C16H13ClN4O4S/c1-9(22)18-11-3-5-12(6-4-11)19-16(26)20-15(23)10-2-7-13(17)14(8-10)21(24)25/h2-8H,1H3,(H,18,22)(H2,19,20,23,26). The molecule has 0 radical (unpaired) electrons. The summed E-state index contributed by atoms with van der Waals surface area (Å²) < 4.78 is 0. The monoisotopic (exact) mass is 392 g/mol. The number of nitrogens with one attached hydrogen (secondary N) is 3. The second-order valence-corrected chi connectivity index (χ2v) is 5.91. The van der Waals surface area contributed by atoms with Gasteiger partial charge in [0, 0.05) is 29.9 Å². The van der Waals surface area contributed by atoms with Crippen molar-refractivity contribution >= 4 is 57.8 Å². The summed E-state index contributed by atoms with van der Waals surface area (Å²) in [7, 11) is 0. The molecule has 0 heterocycles. The summed E-state index contributed by atoms with van der Waals surface area (Å²) in [5.74, 6) is -0.803. The number of benzene rings is 2. The average Bonchev–Trinajstić information content (AvgIpc) is 2.56. The fraction of sp³-hybridized carbons (Fsp3) is 0.0625. The van der Waals surface area contributed by atoms with E-state index >= 15 is 0 Å². The number of carbonyl (C=O) groups excluding carboxylic acids is 2. The van der Waals surface area contributed by atoms with Gasteiger partial charge in [-0.3, -0.25) is 25.0 Å². The Morgan fingerprint density at radius 3 is 2.19 bits per heavy atom. The zero-order valence-corrected chi connectivity index (χ0v) is 15.0. The Morgan fingerprint density at radius 2 is 1.65 bits per heavy atom. The van der Waals surface area contributed by atoms with Crippen LogP contribution in [0.1, 0.15) is 17.3 Å². The summed E-state index contributed by atoms with van der Waals surface area (Å²) in [6.45, 7) is 1.40. The van der Waals surface area contributed by atoms with E-state index in [2.05, 4.69) is 16.0 Å². The van der Waals surface area contributed by atoms with Gasteiger partial charge in [0.2, 0.25) is 5.91 Å². The summed E-state index contributed by atoms with van der Waals surface area (Å²) in [6.07, 6.45) is 0. The largest absolute Gasteiger partial charge is 0.332 e. The van der Waals surface area contributed by atoms with Crippen LogP contribution < -0.4 is 16.0 Å². The molecule has 8 nitrogen and oxygen atoms in total. The molecule has 0 atom stereocenters. The van der Waals surface area contributed by atoms with Crippen molar-refractivity contribution in [2.75, 3.05) is 10.6 Å². The number of hydrogen-bond donors (Lipinski definition) is 3. The van der Waals surface area contributed by atoms with Crippen LogP contribution in [0.5, 0.6) is 0 Å². The number of nitro benzene ring substituents is 1. The molecule has 2 aromatic rings. The zero-order chi connectivity index (χ0) is 19.3. The van der Waals surface area contributed by atoms with Gasteiger partial charge in [-0.2, -0.15) is 0 Å². The summed E-state index contributed by atoms with van der Waals surface area (Å²) in [4.78, 5) is 33.3. The second kappa shape index (κ2) is 8.37. The van der Waals surface area contributed by atoms with Crippen molar-refractivity contribution in [3.63, 3.8) is 0 Å². The molecule has 0 aliphatic heterocycles. The van der Waals surface area contributed by atoms with Gasteiger partial charge in [-0.1, -0.05) is 11.6 Å². The van der Waals surface area contributed by atoms with E-state index in [1.54, 1.807) is 24.3 Å². The Labute approximate surface area is 158 Å². The van der Waals surface area contributed by atoms with Crippen LogP contribution in [0.2, 0.25) is 5.02 Å². The van der Waals surface area contributed by atoms with Crippen molar-refractivity contribution in [3.05, 3.63) is 63.2 Å². The predicted octanol–water partition coefficient (Wildman–Crippen LogP) is 3.33. The van der Waals surface area contributed by atoms with Crippen molar-refractivity contribution in [3.8, 4) is 0 Å². The van der Waals surface area contributed by atoms with Gasteiger partial charge in [0.1, 0.15) is 5.02 Å². The maximum Gasteiger partial charge on any atom is 0.288 e. The SMILES string of the molecule is CC(=O)Nc1ccc(NC(=S)NC(=O)c2ccc(Cl)c([N+](=O)[O-])c2)cc1. The van der Waals surface area contributed by atoms with Gasteiger partial charge in [-0.05, 0) is 48.6 Å². The number of halogens is 1. The van der Waals surface area contributed by atoms with Gasteiger partial charge in [-0.25, -0.2) is 0 Å². The van der Waals surface area contributed by atoms with Gasteiger partial charge in [0.25, 0.3) is 11.6 Å². The highest BCUT2D eigenvalue weighted by atomic mass is 35.5. The van der Waals surface area contributed by atoms with Crippen molar-refractivity contribution in [2.45, 2.75) is 6.92 Å². The van der Waals surface area contributed by atoms with Crippen LogP contribution in [0.25, 0.3) is 0 Å². The van der Waals surface area contributed by atoms with Gasteiger partial charge in [-0.15, -0.1) is 0 Å². The van der Waals surface area contributed by atoms with Gasteiger partial charge in [0.15, 0.2) is 5.11 Å². The number of hydrogen-bond acceptors (Lipinski definition) is 5. The van der Waals surface area contributed by atoms with E-state index in [-0.39, 0.29) is 27.3 Å². The number of thiocarbonyl (C=S) groups is 1. The highest BCUT2D eigenvalue weighted by molar-refractivity contribution is 7.80. The number of rotatable bonds is 4. The Morgan fingerprint density at radius 1 is 1.08 bits per heavy atom. The molecule has 0 spiro atoms. The van der Waals surface area contributed by atoms with Crippen LogP contribution >= 0.6 is 23.8 Å². The van der Waals surface area contributed by atoms with Crippen LogP contribution in [0.3, 0.4) is 0 Å². The number of amides is 2. The Bertz CT molecular complexity index is 886. The van der Waals surface area contributed by atoms with E-state index in [0.29, 0.717) is 11.4 Å². The van der Waals surface area contributed by atoms with Crippen LogP contribution in [0.15, 0.2) is 42.5 Å². The average molecular weight is 393 g/mol. The lowest BCUT2D eigenvalue weighted by atomic mass is 10.2. The first-order valence-corrected chi connectivity index (χ1v) is 7.99. The molecule has 3 N–H and O–H groups in total. The molecule has 10 heteroatoms. The quantitative estimate of drug-likeness (QED) is 0.418. The minimum Gasteiger partial charge on any atom is -0.332 e. The number of carbonyl (C=O) groups is 2. The van der Waals surface area contributed by atoms with Crippen LogP contribution in [-0.4, -0.2) is 21.9 Å². The molecular formula is C16H13ClN4O4S. The zero-order valence-electron chi connectivity index (χ0n) is 13.4. The lowest BCUT2D eigenvalue weighted by molar-refractivity contribution is -0.384. The van der Waals surface area contributed by atoms with E-state index in [4.69, 9.17) is 23.8 Å². The molecule has 0 unspecified atom stereocenters. The minimum atomic E-state index is -0.674. The first kappa shape index (κ1) is 19.3. The molecule has 2 rings (SSSR count). The number of nitro groups is 1. The molecule has 0 aromatic heterocycles. The van der Waals surface area contributed by atoms with Crippen molar-refractivity contribution in [1.29, 1.82) is 0 Å². The fourth-order valence-corrected chi connectivity index (χ4v) is 2.37. The molecule has 0 aliphatic rings. The van der Waals surface area contributed by atoms with Gasteiger partial charge >= 0.3 is 0 Å². The van der Waals surface area contributed by atoms with Gasteiger partial charge in [0.05, 0.1) is 4.92 Å². The molecule has 0 saturated heterocycles. The highest BCUT2D eigenvalue weighted by Crippen LogP contribution is 2.25. The molecule has 2 amide bonds. The van der Waals surface area contributed by atoms with Crippen LogP contribution in [0.4, 0.5) is 17.1 Å². The fourth-order valence-electron chi connectivity index (χ4n) is 1.97. The third-order valence-electron chi connectivity index (χ3n) is 3.10. The maximum absolute atomic E-state index is 12.2. The van der Waals surface area contributed by atoms with E-state index in [1.165, 1.54) is 19.1 Å². The minimum absolute atomic E-state index is 0.0138. The molecule has 0 aliphatic carbocycles. The molecule has 0 saturated carbocycles. The molecule has 0 bridgehead atoms. The first-order valence-electron chi connectivity index (χ1n) is 7.20. The highest BCUT2D eigenvalue weighted by Gasteiger charge is 2.17. The van der Waals surface area contributed by atoms with Crippen molar-refractivity contribution < 1.29 is 14.5 Å². The molecular weight excluding hydrogens is 380 g/mol. The normalized spacial score (nSPS) is 9.92.